The predicted octanol–water partition coefficient (Wildman–Crippen LogP) is 12.8. The van der Waals surface area contributed by atoms with Gasteiger partial charge in [-0.1, -0.05) is 146 Å². The fourth-order valence-corrected chi connectivity index (χ4v) is 7.84. The maximum atomic E-state index is 10.1. The molecular formula is C52H33N5. The number of rotatable bonds is 7. The largest absolute Gasteiger partial charge is 0.309 e. The van der Waals surface area contributed by atoms with Crippen LogP contribution in [0.3, 0.4) is 0 Å². The van der Waals surface area contributed by atoms with Crippen LogP contribution in [0.1, 0.15) is 5.56 Å². The number of hydrogen-bond acceptors (Lipinski definition) is 4. The van der Waals surface area contributed by atoms with Crippen LogP contribution in [0.4, 0.5) is 0 Å². The van der Waals surface area contributed by atoms with Gasteiger partial charge in [0.1, 0.15) is 0 Å². The molecule has 57 heavy (non-hydrogen) atoms. The van der Waals surface area contributed by atoms with Crippen molar-refractivity contribution in [2.45, 2.75) is 0 Å². The summed E-state index contributed by atoms with van der Waals surface area (Å²) < 4.78 is 2.35. The van der Waals surface area contributed by atoms with Crippen molar-refractivity contribution in [2.24, 2.45) is 0 Å². The fourth-order valence-electron chi connectivity index (χ4n) is 7.84. The van der Waals surface area contributed by atoms with E-state index in [1.807, 2.05) is 60.7 Å². The van der Waals surface area contributed by atoms with Gasteiger partial charge in [0.05, 0.1) is 22.7 Å². The maximum absolute atomic E-state index is 10.1. The molecule has 0 aliphatic heterocycles. The molecular weight excluding hydrogens is 695 g/mol. The fraction of sp³-hybridized carbons (Fsp3) is 0. The van der Waals surface area contributed by atoms with Crippen LogP contribution < -0.4 is 0 Å². The molecule has 0 saturated carbocycles. The van der Waals surface area contributed by atoms with Gasteiger partial charge < -0.3 is 4.57 Å². The zero-order chi connectivity index (χ0) is 38.1. The number of para-hydroxylation sites is 2. The highest BCUT2D eigenvalue weighted by Crippen LogP contribution is 2.44. The van der Waals surface area contributed by atoms with Crippen molar-refractivity contribution in [3.63, 3.8) is 0 Å². The van der Waals surface area contributed by atoms with Gasteiger partial charge in [-0.05, 0) is 88.0 Å². The van der Waals surface area contributed by atoms with Crippen molar-refractivity contribution in [3.05, 3.63) is 206 Å². The van der Waals surface area contributed by atoms with E-state index in [2.05, 4.69) is 144 Å². The van der Waals surface area contributed by atoms with Crippen molar-refractivity contribution in [1.29, 1.82) is 5.26 Å². The molecule has 0 atom stereocenters. The Morgan fingerprint density at radius 2 is 0.842 bits per heavy atom. The van der Waals surface area contributed by atoms with E-state index in [-0.39, 0.29) is 0 Å². The lowest BCUT2D eigenvalue weighted by atomic mass is 9.87. The molecule has 10 aromatic rings. The van der Waals surface area contributed by atoms with Gasteiger partial charge in [0.15, 0.2) is 17.5 Å². The average molecular weight is 728 g/mol. The van der Waals surface area contributed by atoms with Gasteiger partial charge in [0.2, 0.25) is 0 Å². The molecule has 0 amide bonds. The molecule has 8 aromatic carbocycles. The predicted molar refractivity (Wildman–Crippen MR) is 231 cm³/mol. The minimum atomic E-state index is 0.445. The second-order valence-electron chi connectivity index (χ2n) is 13.9. The SMILES string of the molecule is N#Cc1ccccc1-c1nc(-c2ccccc2)nc(-c2cc(-c3ccccc3)c(-c3ccc4c(c3)c3ccccc3n4-c3ccccc3)cc2-c2ccccc2)n1. The minimum absolute atomic E-state index is 0.445. The Kier molecular flexibility index (Phi) is 8.48. The molecule has 0 bridgehead atoms. The summed E-state index contributed by atoms with van der Waals surface area (Å²) in [6, 6.07) is 71.2. The maximum Gasteiger partial charge on any atom is 0.165 e. The monoisotopic (exact) mass is 727 g/mol. The number of hydrogen-bond donors (Lipinski definition) is 0. The Balaban J connectivity index is 1.26. The first-order valence-corrected chi connectivity index (χ1v) is 18.9. The van der Waals surface area contributed by atoms with Crippen LogP contribution in [0.15, 0.2) is 200 Å². The van der Waals surface area contributed by atoms with E-state index >= 15 is 0 Å². The van der Waals surface area contributed by atoms with E-state index < -0.39 is 0 Å². The Hall–Kier alpha value is -7.94. The lowest BCUT2D eigenvalue weighted by Gasteiger charge is -2.18. The number of fused-ring (bicyclic) bond motifs is 3. The van der Waals surface area contributed by atoms with Crippen LogP contribution in [0.2, 0.25) is 0 Å². The van der Waals surface area contributed by atoms with Crippen molar-refractivity contribution in [1.82, 2.24) is 19.5 Å². The Bertz CT molecular complexity index is 3110. The Morgan fingerprint density at radius 1 is 0.351 bits per heavy atom. The summed E-state index contributed by atoms with van der Waals surface area (Å²) in [7, 11) is 0. The molecule has 0 aliphatic rings. The summed E-state index contributed by atoms with van der Waals surface area (Å²) in [6.45, 7) is 0. The van der Waals surface area contributed by atoms with E-state index in [0.717, 1.165) is 61.2 Å². The minimum Gasteiger partial charge on any atom is -0.309 e. The highest BCUT2D eigenvalue weighted by Gasteiger charge is 2.22. The van der Waals surface area contributed by atoms with Gasteiger partial charge in [-0.3, -0.25) is 0 Å². The molecule has 266 valence electrons. The molecule has 5 nitrogen and oxygen atoms in total. The topological polar surface area (TPSA) is 67.4 Å². The lowest BCUT2D eigenvalue weighted by molar-refractivity contribution is 1.07. The molecule has 5 heteroatoms. The second-order valence-corrected chi connectivity index (χ2v) is 13.9. The number of aromatic nitrogens is 4. The third-order valence-electron chi connectivity index (χ3n) is 10.5. The summed E-state index contributed by atoms with van der Waals surface area (Å²) in [5, 5.41) is 12.5. The number of nitrogens with zero attached hydrogens (tertiary/aromatic N) is 5. The summed E-state index contributed by atoms with van der Waals surface area (Å²) in [4.78, 5) is 15.3. The lowest BCUT2D eigenvalue weighted by Crippen LogP contribution is -2.02. The van der Waals surface area contributed by atoms with Gasteiger partial charge >= 0.3 is 0 Å². The summed E-state index contributed by atoms with van der Waals surface area (Å²) in [5.41, 5.74) is 12.7. The summed E-state index contributed by atoms with van der Waals surface area (Å²) >= 11 is 0. The number of benzene rings is 8. The average Bonchev–Trinajstić information content (AvgIpc) is 3.63. The van der Waals surface area contributed by atoms with Crippen LogP contribution >= 0.6 is 0 Å². The van der Waals surface area contributed by atoms with E-state index in [0.29, 0.717) is 28.6 Å². The summed E-state index contributed by atoms with van der Waals surface area (Å²) in [6.07, 6.45) is 0. The van der Waals surface area contributed by atoms with E-state index in [1.165, 1.54) is 10.8 Å². The van der Waals surface area contributed by atoms with Gasteiger partial charge in [-0.25, -0.2) is 15.0 Å². The van der Waals surface area contributed by atoms with Crippen LogP contribution in [0.25, 0.3) is 95.0 Å². The van der Waals surface area contributed by atoms with Gasteiger partial charge in [0.25, 0.3) is 0 Å². The smallest absolute Gasteiger partial charge is 0.165 e. The molecule has 0 unspecified atom stereocenters. The van der Waals surface area contributed by atoms with Gasteiger partial charge in [-0.15, -0.1) is 0 Å². The first-order chi connectivity index (χ1) is 28.2. The molecule has 2 heterocycles. The van der Waals surface area contributed by atoms with Crippen molar-refractivity contribution in [3.8, 4) is 79.3 Å². The zero-order valence-electron chi connectivity index (χ0n) is 30.8. The van der Waals surface area contributed by atoms with E-state index in [9.17, 15) is 5.26 Å². The first kappa shape index (κ1) is 33.6. The highest BCUT2D eigenvalue weighted by molar-refractivity contribution is 6.11. The van der Waals surface area contributed by atoms with Crippen molar-refractivity contribution < 1.29 is 0 Å². The first-order valence-electron chi connectivity index (χ1n) is 18.9. The summed E-state index contributed by atoms with van der Waals surface area (Å²) in [5.74, 6) is 1.50. The van der Waals surface area contributed by atoms with Gasteiger partial charge in [-0.2, -0.15) is 5.26 Å². The molecule has 0 fully saturated rings. The van der Waals surface area contributed by atoms with Crippen LogP contribution in [0, 0.1) is 11.3 Å². The molecule has 0 saturated heterocycles. The Labute approximate surface area is 330 Å². The van der Waals surface area contributed by atoms with Crippen LogP contribution in [-0.2, 0) is 0 Å². The number of nitriles is 1. The van der Waals surface area contributed by atoms with Crippen LogP contribution in [0.5, 0.6) is 0 Å². The van der Waals surface area contributed by atoms with Crippen LogP contribution in [-0.4, -0.2) is 19.5 Å². The van der Waals surface area contributed by atoms with E-state index in [4.69, 9.17) is 15.0 Å². The van der Waals surface area contributed by atoms with E-state index in [1.54, 1.807) is 6.07 Å². The molecule has 0 N–H and O–H groups in total. The molecule has 2 aromatic heterocycles. The van der Waals surface area contributed by atoms with Crippen molar-refractivity contribution in [2.75, 3.05) is 0 Å². The highest BCUT2D eigenvalue weighted by atomic mass is 15.0. The quantitative estimate of drug-likeness (QED) is 0.164. The molecule has 0 aliphatic carbocycles. The normalized spacial score (nSPS) is 11.1. The third kappa shape index (κ3) is 6.12. The van der Waals surface area contributed by atoms with Crippen molar-refractivity contribution >= 4 is 21.8 Å². The molecule has 10 rings (SSSR count). The Morgan fingerprint density at radius 3 is 1.53 bits per heavy atom. The third-order valence-corrected chi connectivity index (χ3v) is 10.5. The second kappa shape index (κ2) is 14.4. The molecule has 0 spiro atoms. The van der Waals surface area contributed by atoms with Gasteiger partial charge in [0, 0.05) is 33.2 Å². The standard InChI is InChI=1S/C52H33N5/c53-34-39-23-13-14-26-41(39)51-54-50(37-21-9-3-10-22-37)55-52(56-51)47-33-43(35-17-5-1-6-18-35)45(32-44(47)36-19-7-2-8-20-36)38-29-30-49-46(31-38)42-27-15-16-28-48(42)57(49)40-24-11-4-12-25-40/h1-33H. The zero-order valence-corrected chi connectivity index (χ0v) is 30.8. The molecule has 0 radical (unpaired) electrons.